The molecule has 4 amide bonds. The van der Waals surface area contributed by atoms with Crippen molar-refractivity contribution < 1.29 is 28.7 Å². The highest BCUT2D eigenvalue weighted by atomic mass is 16.6. The highest BCUT2D eigenvalue weighted by Crippen LogP contribution is 2.28. The van der Waals surface area contributed by atoms with Crippen LogP contribution >= 0.6 is 0 Å². The highest BCUT2D eigenvalue weighted by molar-refractivity contribution is 6.16. The summed E-state index contributed by atoms with van der Waals surface area (Å²) in [6.07, 6.45) is -0.262. The molecular formula is C11H12N2O6. The second kappa shape index (κ2) is 4.45. The number of cyclic esters (lactones) is 2. The zero-order valence-electron chi connectivity index (χ0n) is 10.4. The van der Waals surface area contributed by atoms with Crippen LogP contribution in [-0.4, -0.2) is 53.7 Å². The van der Waals surface area contributed by atoms with Gasteiger partial charge in [-0.25, -0.2) is 4.79 Å². The summed E-state index contributed by atoms with van der Waals surface area (Å²) in [7, 11) is 2.53. The molecule has 2 aliphatic rings. The molecule has 2 fully saturated rings. The van der Waals surface area contributed by atoms with Gasteiger partial charge in [0, 0.05) is 14.1 Å². The molecule has 0 N–H and O–H groups in total. The monoisotopic (exact) mass is 268 g/mol. The fourth-order valence-corrected chi connectivity index (χ4v) is 2.17. The Kier molecular flexibility index (Phi) is 3.09. The van der Waals surface area contributed by atoms with Gasteiger partial charge in [0.1, 0.15) is 5.92 Å². The lowest BCUT2D eigenvalue weighted by molar-refractivity contribution is -0.153. The largest absolute Gasteiger partial charge is 0.393 e. The summed E-state index contributed by atoms with van der Waals surface area (Å²) in [5, 5.41) is 0. The maximum absolute atomic E-state index is 11.9. The first kappa shape index (κ1) is 13.2. The summed E-state index contributed by atoms with van der Waals surface area (Å²) in [5.41, 5.74) is 0. The van der Waals surface area contributed by atoms with E-state index in [1.54, 1.807) is 0 Å². The van der Waals surface area contributed by atoms with Gasteiger partial charge >= 0.3 is 18.0 Å². The zero-order valence-corrected chi connectivity index (χ0v) is 10.4. The lowest BCUT2D eigenvalue weighted by Gasteiger charge is -2.33. The second-order valence-electron chi connectivity index (χ2n) is 4.56. The van der Waals surface area contributed by atoms with E-state index in [-0.39, 0.29) is 12.8 Å². The Balaban J connectivity index is 2.17. The van der Waals surface area contributed by atoms with E-state index in [2.05, 4.69) is 4.74 Å². The standard InChI is InChI=1S/C11H12N2O6/c1-12-8(15)6(9(16)13(2)11(12)18)3-5-4-7(14)19-10(5)17/h5-6H,3-4H2,1-2H3/t5-/m0/s1. The Morgan fingerprint density at radius 1 is 1.05 bits per heavy atom. The molecule has 0 saturated carbocycles. The summed E-state index contributed by atoms with van der Waals surface area (Å²) in [4.78, 5) is 59.2. The lowest BCUT2D eigenvalue weighted by Crippen LogP contribution is -2.57. The molecule has 0 unspecified atom stereocenters. The van der Waals surface area contributed by atoms with E-state index < -0.39 is 41.6 Å². The van der Waals surface area contributed by atoms with Gasteiger partial charge in [-0.2, -0.15) is 0 Å². The Morgan fingerprint density at radius 3 is 2.00 bits per heavy atom. The molecular weight excluding hydrogens is 256 g/mol. The number of nitrogens with zero attached hydrogens (tertiary/aromatic N) is 2. The van der Waals surface area contributed by atoms with E-state index in [0.717, 1.165) is 9.80 Å². The van der Waals surface area contributed by atoms with Crippen LogP contribution in [-0.2, 0) is 23.9 Å². The van der Waals surface area contributed by atoms with Crippen molar-refractivity contribution in [3.8, 4) is 0 Å². The SMILES string of the molecule is CN1C(=O)C(C[C@H]2CC(=O)OC2=O)C(=O)N(C)C1=O. The van der Waals surface area contributed by atoms with Crippen molar-refractivity contribution in [3.05, 3.63) is 0 Å². The fourth-order valence-electron chi connectivity index (χ4n) is 2.17. The van der Waals surface area contributed by atoms with Crippen LogP contribution in [0.3, 0.4) is 0 Å². The number of imide groups is 2. The van der Waals surface area contributed by atoms with Crippen LogP contribution in [0.2, 0.25) is 0 Å². The number of rotatable bonds is 2. The van der Waals surface area contributed by atoms with Gasteiger partial charge < -0.3 is 4.74 Å². The van der Waals surface area contributed by atoms with Gasteiger partial charge in [-0.15, -0.1) is 0 Å². The number of carbonyl (C=O) groups excluding carboxylic acids is 5. The number of hydrogen-bond acceptors (Lipinski definition) is 6. The molecule has 1 atom stereocenters. The first-order valence-electron chi connectivity index (χ1n) is 5.66. The predicted molar refractivity (Wildman–Crippen MR) is 58.2 cm³/mol. The Hall–Kier alpha value is -2.25. The molecule has 2 aliphatic heterocycles. The van der Waals surface area contributed by atoms with E-state index >= 15 is 0 Å². The molecule has 0 radical (unpaired) electrons. The number of hydrogen-bond donors (Lipinski definition) is 0. The Bertz CT molecular complexity index is 475. The molecule has 2 heterocycles. The molecule has 2 rings (SSSR count). The van der Waals surface area contributed by atoms with E-state index in [4.69, 9.17) is 0 Å². The summed E-state index contributed by atoms with van der Waals surface area (Å²) in [5.74, 6) is -4.66. The van der Waals surface area contributed by atoms with Gasteiger partial charge in [-0.3, -0.25) is 29.0 Å². The minimum atomic E-state index is -1.13. The first-order chi connectivity index (χ1) is 8.82. The maximum atomic E-state index is 11.9. The smallest absolute Gasteiger partial charge is 0.332 e. The van der Waals surface area contributed by atoms with Gasteiger partial charge in [-0.1, -0.05) is 0 Å². The van der Waals surface area contributed by atoms with Crippen molar-refractivity contribution in [1.82, 2.24) is 9.80 Å². The van der Waals surface area contributed by atoms with Crippen molar-refractivity contribution >= 4 is 29.8 Å². The highest BCUT2D eigenvalue weighted by Gasteiger charge is 2.46. The van der Waals surface area contributed by atoms with Crippen molar-refractivity contribution in [2.75, 3.05) is 14.1 Å². The molecule has 8 nitrogen and oxygen atoms in total. The molecule has 0 aliphatic carbocycles. The third-order valence-electron chi connectivity index (χ3n) is 3.31. The van der Waals surface area contributed by atoms with E-state index in [1.165, 1.54) is 14.1 Å². The zero-order chi connectivity index (χ0) is 14.3. The van der Waals surface area contributed by atoms with Crippen molar-refractivity contribution in [1.29, 1.82) is 0 Å². The number of carbonyl (C=O) groups is 5. The summed E-state index contributed by atoms with van der Waals surface area (Å²) >= 11 is 0. The van der Waals surface area contributed by atoms with Crippen LogP contribution in [0.5, 0.6) is 0 Å². The first-order valence-corrected chi connectivity index (χ1v) is 5.66. The maximum Gasteiger partial charge on any atom is 0.332 e. The lowest BCUT2D eigenvalue weighted by atomic mass is 9.90. The van der Waals surface area contributed by atoms with Gasteiger partial charge in [0.15, 0.2) is 0 Å². The third kappa shape index (κ3) is 2.09. The topological polar surface area (TPSA) is 101 Å². The van der Waals surface area contributed by atoms with Crippen LogP contribution in [0, 0.1) is 11.8 Å². The van der Waals surface area contributed by atoms with Crippen LogP contribution in [0.1, 0.15) is 12.8 Å². The number of esters is 2. The van der Waals surface area contributed by atoms with Gasteiger partial charge in [-0.05, 0) is 6.42 Å². The minimum absolute atomic E-state index is 0.121. The molecule has 8 heteroatoms. The molecule has 2 saturated heterocycles. The molecule has 0 aromatic heterocycles. The van der Waals surface area contributed by atoms with Crippen LogP contribution in [0.4, 0.5) is 4.79 Å². The van der Waals surface area contributed by atoms with Crippen molar-refractivity contribution in [2.45, 2.75) is 12.8 Å². The van der Waals surface area contributed by atoms with Crippen molar-refractivity contribution in [3.63, 3.8) is 0 Å². The van der Waals surface area contributed by atoms with E-state index in [1.807, 2.05) is 0 Å². The van der Waals surface area contributed by atoms with Crippen molar-refractivity contribution in [2.24, 2.45) is 11.8 Å². The number of ether oxygens (including phenoxy) is 1. The number of amides is 4. The molecule has 102 valence electrons. The molecule has 0 aromatic rings. The molecule has 0 aromatic carbocycles. The summed E-state index contributed by atoms with van der Waals surface area (Å²) in [6.45, 7) is 0. The molecule has 19 heavy (non-hydrogen) atoms. The van der Waals surface area contributed by atoms with Gasteiger partial charge in [0.25, 0.3) is 0 Å². The average Bonchev–Trinajstić information content (AvgIpc) is 2.68. The van der Waals surface area contributed by atoms with E-state index in [9.17, 15) is 24.0 Å². The molecule has 0 bridgehead atoms. The quantitative estimate of drug-likeness (QED) is 0.476. The fraction of sp³-hybridized carbons (Fsp3) is 0.545. The number of urea groups is 1. The summed E-state index contributed by atoms with van der Waals surface area (Å²) < 4.78 is 4.37. The van der Waals surface area contributed by atoms with Crippen LogP contribution in [0.15, 0.2) is 0 Å². The number of barbiturate groups is 1. The molecule has 0 spiro atoms. The van der Waals surface area contributed by atoms with Crippen LogP contribution in [0.25, 0.3) is 0 Å². The second-order valence-corrected chi connectivity index (χ2v) is 4.56. The summed E-state index contributed by atoms with van der Waals surface area (Å²) in [6, 6.07) is -0.712. The third-order valence-corrected chi connectivity index (χ3v) is 3.31. The Labute approximate surface area is 108 Å². The van der Waals surface area contributed by atoms with Crippen LogP contribution < -0.4 is 0 Å². The average molecular weight is 268 g/mol. The normalized spacial score (nSPS) is 25.4. The van der Waals surface area contributed by atoms with E-state index in [0.29, 0.717) is 0 Å². The Morgan fingerprint density at radius 2 is 1.58 bits per heavy atom. The minimum Gasteiger partial charge on any atom is -0.393 e. The predicted octanol–water partition coefficient (Wildman–Crippen LogP) is -0.867. The van der Waals surface area contributed by atoms with Gasteiger partial charge in [0.2, 0.25) is 11.8 Å². The van der Waals surface area contributed by atoms with Gasteiger partial charge in [0.05, 0.1) is 12.3 Å².